The minimum Gasteiger partial charge on any atom is -0.495 e. The summed E-state index contributed by atoms with van der Waals surface area (Å²) in [6.07, 6.45) is 0. The lowest BCUT2D eigenvalue weighted by atomic mass is 10.1. The molecule has 0 unspecified atom stereocenters. The molecule has 0 bridgehead atoms. The molecule has 0 saturated carbocycles. The SMILES string of the molecule is COc1ccc(C)cc1NC(=O)c1ccc2c(c1)N(Cc1cccc(Cl)c1)C(=O)c1ccccc1[S@@]2=O. The van der Waals surface area contributed by atoms with Gasteiger partial charge in [-0.3, -0.25) is 9.59 Å². The number of halogens is 1. The number of anilines is 2. The summed E-state index contributed by atoms with van der Waals surface area (Å²) in [7, 11) is -0.0824. The number of hydrogen-bond donors (Lipinski definition) is 1. The normalized spacial score (nSPS) is 14.4. The van der Waals surface area contributed by atoms with Crippen LogP contribution < -0.4 is 15.0 Å². The first-order chi connectivity index (χ1) is 17.9. The zero-order valence-corrected chi connectivity index (χ0v) is 21.7. The average Bonchev–Trinajstić information content (AvgIpc) is 2.98. The zero-order chi connectivity index (χ0) is 26.1. The first-order valence-corrected chi connectivity index (χ1v) is 13.1. The quantitative estimate of drug-likeness (QED) is 0.331. The van der Waals surface area contributed by atoms with Gasteiger partial charge in [-0.2, -0.15) is 0 Å². The van der Waals surface area contributed by atoms with Crippen LogP contribution in [0.3, 0.4) is 0 Å². The van der Waals surface area contributed by atoms with Gasteiger partial charge in [0.2, 0.25) is 0 Å². The van der Waals surface area contributed by atoms with E-state index in [0.717, 1.165) is 11.1 Å². The Bertz CT molecular complexity index is 1570. The molecule has 0 spiro atoms. The van der Waals surface area contributed by atoms with Gasteiger partial charge in [0.25, 0.3) is 11.8 Å². The smallest absolute Gasteiger partial charge is 0.259 e. The molecule has 186 valence electrons. The third kappa shape index (κ3) is 4.88. The van der Waals surface area contributed by atoms with Crippen molar-refractivity contribution in [3.8, 4) is 5.75 Å². The second kappa shape index (κ2) is 10.2. The van der Waals surface area contributed by atoms with Crippen molar-refractivity contribution in [2.24, 2.45) is 0 Å². The van der Waals surface area contributed by atoms with Gasteiger partial charge in [-0.15, -0.1) is 0 Å². The number of methoxy groups -OCH3 is 1. The molecule has 0 aromatic heterocycles. The minimum atomic E-state index is -1.62. The molecule has 5 rings (SSSR count). The summed E-state index contributed by atoms with van der Waals surface area (Å²) >= 11 is 6.20. The van der Waals surface area contributed by atoms with Crippen molar-refractivity contribution in [3.05, 3.63) is 112 Å². The van der Waals surface area contributed by atoms with Gasteiger partial charge in [-0.25, -0.2) is 4.21 Å². The van der Waals surface area contributed by atoms with Gasteiger partial charge in [-0.05, 0) is 72.6 Å². The lowest BCUT2D eigenvalue weighted by molar-refractivity contribution is 0.0979. The van der Waals surface area contributed by atoms with Gasteiger partial charge in [0.05, 0.1) is 51.2 Å². The van der Waals surface area contributed by atoms with Crippen LogP contribution >= 0.6 is 11.6 Å². The summed E-state index contributed by atoms with van der Waals surface area (Å²) < 4.78 is 19.0. The number of amides is 2. The van der Waals surface area contributed by atoms with E-state index in [0.29, 0.717) is 43.1 Å². The number of nitrogens with zero attached hydrogens (tertiary/aromatic N) is 1. The fraction of sp³-hybridized carbons (Fsp3) is 0.103. The van der Waals surface area contributed by atoms with E-state index in [1.807, 2.05) is 31.2 Å². The molecule has 37 heavy (non-hydrogen) atoms. The number of hydrogen-bond acceptors (Lipinski definition) is 4. The largest absolute Gasteiger partial charge is 0.495 e. The topological polar surface area (TPSA) is 75.7 Å². The predicted octanol–water partition coefficient (Wildman–Crippen LogP) is 6.24. The van der Waals surface area contributed by atoms with Crippen molar-refractivity contribution in [2.45, 2.75) is 23.3 Å². The first kappa shape index (κ1) is 24.7. The number of ether oxygens (including phenoxy) is 1. The van der Waals surface area contributed by atoms with Crippen LogP contribution in [0.5, 0.6) is 5.75 Å². The molecule has 2 amide bonds. The number of rotatable bonds is 5. The Balaban J connectivity index is 1.60. The van der Waals surface area contributed by atoms with Crippen LogP contribution in [0.1, 0.15) is 31.8 Å². The Hall–Kier alpha value is -3.94. The van der Waals surface area contributed by atoms with Crippen LogP contribution in [-0.2, 0) is 17.3 Å². The van der Waals surface area contributed by atoms with Gasteiger partial charge in [0.1, 0.15) is 5.75 Å². The maximum Gasteiger partial charge on any atom is 0.259 e. The number of carbonyl (C=O) groups excluding carboxylic acids is 2. The maximum atomic E-state index is 13.8. The molecule has 4 aromatic rings. The third-order valence-electron chi connectivity index (χ3n) is 6.11. The average molecular weight is 531 g/mol. The van der Waals surface area contributed by atoms with Gasteiger partial charge >= 0.3 is 0 Å². The summed E-state index contributed by atoms with van der Waals surface area (Å²) in [5, 5.41) is 3.44. The van der Waals surface area contributed by atoms with Crippen molar-refractivity contribution in [2.75, 3.05) is 17.3 Å². The van der Waals surface area contributed by atoms with E-state index in [4.69, 9.17) is 16.3 Å². The minimum absolute atomic E-state index is 0.189. The van der Waals surface area contributed by atoms with Crippen molar-refractivity contribution < 1.29 is 18.5 Å². The van der Waals surface area contributed by atoms with E-state index in [2.05, 4.69) is 5.32 Å². The Morgan fingerprint density at radius 3 is 2.57 bits per heavy atom. The Labute approximate surface area is 222 Å². The summed E-state index contributed by atoms with van der Waals surface area (Å²) in [6, 6.07) is 24.5. The summed E-state index contributed by atoms with van der Waals surface area (Å²) in [6.45, 7) is 2.11. The molecule has 4 aromatic carbocycles. The lowest BCUT2D eigenvalue weighted by Crippen LogP contribution is -2.30. The summed E-state index contributed by atoms with van der Waals surface area (Å²) in [4.78, 5) is 29.5. The highest BCUT2D eigenvalue weighted by molar-refractivity contribution is 7.85. The molecule has 0 aliphatic carbocycles. The molecule has 0 fully saturated rings. The van der Waals surface area contributed by atoms with E-state index in [1.54, 1.807) is 65.6 Å². The van der Waals surface area contributed by atoms with Crippen molar-refractivity contribution >= 4 is 45.6 Å². The molecule has 8 heteroatoms. The molecular weight excluding hydrogens is 508 g/mol. The van der Waals surface area contributed by atoms with Crippen LogP contribution in [0.25, 0.3) is 0 Å². The summed E-state index contributed by atoms with van der Waals surface area (Å²) in [5.74, 6) is -0.155. The fourth-order valence-electron chi connectivity index (χ4n) is 4.29. The number of aryl methyl sites for hydroxylation is 1. The maximum absolute atomic E-state index is 13.8. The third-order valence-corrected chi connectivity index (χ3v) is 7.84. The first-order valence-electron chi connectivity index (χ1n) is 11.5. The van der Waals surface area contributed by atoms with Crippen molar-refractivity contribution in [1.29, 1.82) is 0 Å². The highest BCUT2D eigenvalue weighted by atomic mass is 35.5. The van der Waals surface area contributed by atoms with E-state index in [-0.39, 0.29) is 18.4 Å². The molecule has 1 atom stereocenters. The summed E-state index contributed by atoms with van der Waals surface area (Å²) in [5.41, 5.74) is 3.37. The molecule has 0 saturated heterocycles. The number of carbonyl (C=O) groups is 2. The monoisotopic (exact) mass is 530 g/mol. The number of fused-ring (bicyclic) bond motifs is 2. The second-order valence-electron chi connectivity index (χ2n) is 8.63. The number of nitrogens with one attached hydrogen (secondary N) is 1. The Kier molecular flexibility index (Phi) is 6.82. The lowest BCUT2D eigenvalue weighted by Gasteiger charge is -2.24. The fourth-order valence-corrected chi connectivity index (χ4v) is 5.85. The van der Waals surface area contributed by atoms with Gasteiger partial charge in [0, 0.05) is 10.6 Å². The van der Waals surface area contributed by atoms with E-state index in [1.165, 1.54) is 7.11 Å². The van der Waals surface area contributed by atoms with Gasteiger partial charge < -0.3 is 15.0 Å². The van der Waals surface area contributed by atoms with E-state index < -0.39 is 10.8 Å². The van der Waals surface area contributed by atoms with E-state index >= 15 is 0 Å². The Morgan fingerprint density at radius 1 is 0.973 bits per heavy atom. The van der Waals surface area contributed by atoms with Crippen molar-refractivity contribution in [3.63, 3.8) is 0 Å². The molecule has 1 aliphatic rings. The highest BCUT2D eigenvalue weighted by Crippen LogP contribution is 2.36. The standard InChI is InChI=1S/C29H23ClN2O4S/c1-18-10-12-25(36-2)23(14-18)31-28(33)20-11-13-27-24(16-20)32(17-19-6-5-7-21(30)15-19)29(34)22-8-3-4-9-26(22)37(27)35/h3-16H,17H2,1-2H3,(H,31,33)/t37-/m0/s1. The molecular formula is C29H23ClN2O4S. The second-order valence-corrected chi connectivity index (χ2v) is 10.5. The number of benzene rings is 4. The highest BCUT2D eigenvalue weighted by Gasteiger charge is 2.31. The van der Waals surface area contributed by atoms with Crippen LogP contribution in [0.4, 0.5) is 11.4 Å². The van der Waals surface area contributed by atoms with E-state index in [9.17, 15) is 13.8 Å². The van der Waals surface area contributed by atoms with Crippen LogP contribution in [0, 0.1) is 6.92 Å². The van der Waals surface area contributed by atoms with Crippen LogP contribution in [-0.4, -0.2) is 23.1 Å². The van der Waals surface area contributed by atoms with Crippen LogP contribution in [0.2, 0.25) is 5.02 Å². The van der Waals surface area contributed by atoms with Crippen molar-refractivity contribution in [1.82, 2.24) is 0 Å². The molecule has 1 heterocycles. The van der Waals surface area contributed by atoms with Gasteiger partial charge in [0.15, 0.2) is 0 Å². The predicted molar refractivity (Wildman–Crippen MR) is 145 cm³/mol. The Morgan fingerprint density at radius 2 is 1.78 bits per heavy atom. The molecule has 1 aliphatic heterocycles. The van der Waals surface area contributed by atoms with Gasteiger partial charge in [-0.1, -0.05) is 41.9 Å². The zero-order valence-electron chi connectivity index (χ0n) is 20.2. The molecule has 0 radical (unpaired) electrons. The van der Waals surface area contributed by atoms with Crippen LogP contribution in [0.15, 0.2) is 94.7 Å². The molecule has 1 N–H and O–H groups in total. The molecule has 6 nitrogen and oxygen atoms in total.